The lowest BCUT2D eigenvalue weighted by Gasteiger charge is -2.09. The molecule has 0 aromatic heterocycles. The molecule has 3 rings (SSSR count). The minimum Gasteiger partial charge on any atom is -0.478 e. The number of aryl methyl sites for hydroxylation is 1. The van der Waals surface area contributed by atoms with Crippen LogP contribution in [0.25, 0.3) is 0 Å². The van der Waals surface area contributed by atoms with Crippen molar-refractivity contribution in [3.63, 3.8) is 0 Å². The fourth-order valence-corrected chi connectivity index (χ4v) is 3.50. The van der Waals surface area contributed by atoms with Gasteiger partial charge in [-0.15, -0.1) is 11.8 Å². The second kappa shape index (κ2) is 6.49. The number of Topliss-reactive ketones (excluding diaryl/α,β-unsaturated/α-hetero) is 1. The molecule has 0 saturated carbocycles. The molecule has 24 heavy (non-hydrogen) atoms. The summed E-state index contributed by atoms with van der Waals surface area (Å²) in [4.78, 5) is 36.7. The van der Waals surface area contributed by atoms with Crippen LogP contribution in [0.4, 0.5) is 5.69 Å². The van der Waals surface area contributed by atoms with E-state index in [4.69, 9.17) is 5.11 Å². The fraction of sp³-hybridized carbons (Fsp3) is 0.167. The number of rotatable bonds is 5. The van der Waals surface area contributed by atoms with E-state index in [1.807, 2.05) is 18.2 Å². The van der Waals surface area contributed by atoms with E-state index in [-0.39, 0.29) is 5.56 Å². The maximum absolute atomic E-state index is 11.9. The Kier molecular flexibility index (Phi) is 4.40. The van der Waals surface area contributed by atoms with Gasteiger partial charge in [-0.25, -0.2) is 4.79 Å². The van der Waals surface area contributed by atoms with Gasteiger partial charge in [-0.1, -0.05) is 12.1 Å². The Morgan fingerprint density at radius 1 is 1.12 bits per heavy atom. The summed E-state index contributed by atoms with van der Waals surface area (Å²) < 4.78 is 0. The number of carboxylic acids is 1. The molecule has 1 amide bonds. The van der Waals surface area contributed by atoms with Crippen molar-refractivity contribution in [3.05, 3.63) is 59.2 Å². The number of hydrogen-bond acceptors (Lipinski definition) is 4. The van der Waals surface area contributed by atoms with Crippen molar-refractivity contribution in [2.24, 2.45) is 0 Å². The number of carbonyl (C=O) groups is 3. The van der Waals surface area contributed by atoms with Crippen LogP contribution in [-0.2, 0) is 11.2 Å². The normalized spacial score (nSPS) is 13.3. The summed E-state index contributed by atoms with van der Waals surface area (Å²) in [5.41, 5.74) is 2.44. The maximum atomic E-state index is 11.9. The van der Waals surface area contributed by atoms with Crippen molar-refractivity contribution in [3.8, 4) is 0 Å². The Morgan fingerprint density at radius 3 is 2.50 bits per heavy atom. The molecule has 0 spiro atoms. The van der Waals surface area contributed by atoms with Gasteiger partial charge >= 0.3 is 5.97 Å². The number of amides is 1. The van der Waals surface area contributed by atoms with Crippen LogP contribution in [0.2, 0.25) is 0 Å². The molecule has 2 aromatic carbocycles. The van der Waals surface area contributed by atoms with E-state index in [0.29, 0.717) is 11.3 Å². The van der Waals surface area contributed by atoms with Crippen LogP contribution in [0.15, 0.2) is 47.4 Å². The molecule has 2 aromatic rings. The molecule has 0 saturated heterocycles. The third-order valence-electron chi connectivity index (χ3n) is 3.93. The third kappa shape index (κ3) is 3.05. The van der Waals surface area contributed by atoms with E-state index in [1.165, 1.54) is 4.90 Å². The van der Waals surface area contributed by atoms with Gasteiger partial charge in [-0.05, 0) is 42.3 Å². The van der Waals surface area contributed by atoms with Gasteiger partial charge in [0, 0.05) is 17.7 Å². The summed E-state index contributed by atoms with van der Waals surface area (Å²) >= 11 is 1.60. The second-order valence-corrected chi connectivity index (χ2v) is 6.64. The van der Waals surface area contributed by atoms with Crippen molar-refractivity contribution >= 4 is 35.1 Å². The zero-order valence-corrected chi connectivity index (χ0v) is 13.8. The van der Waals surface area contributed by atoms with Gasteiger partial charge in [0.1, 0.15) is 0 Å². The Balaban J connectivity index is 1.63. The molecule has 6 heteroatoms. The first kappa shape index (κ1) is 16.3. The van der Waals surface area contributed by atoms with Crippen molar-refractivity contribution in [1.82, 2.24) is 0 Å². The fourth-order valence-electron chi connectivity index (χ4n) is 2.56. The van der Waals surface area contributed by atoms with Crippen LogP contribution in [-0.4, -0.2) is 35.6 Å². The van der Waals surface area contributed by atoms with Gasteiger partial charge in [0.25, 0.3) is 11.7 Å². The number of ketones is 1. The van der Waals surface area contributed by atoms with Gasteiger partial charge in [-0.2, -0.15) is 0 Å². The summed E-state index contributed by atoms with van der Waals surface area (Å²) in [6, 6.07) is 12.3. The summed E-state index contributed by atoms with van der Waals surface area (Å²) in [7, 11) is 1.60. The highest BCUT2D eigenvalue weighted by atomic mass is 32.2. The Labute approximate surface area is 143 Å². The van der Waals surface area contributed by atoms with Gasteiger partial charge in [0.2, 0.25) is 0 Å². The average molecular weight is 341 g/mol. The van der Waals surface area contributed by atoms with Crippen molar-refractivity contribution in [1.29, 1.82) is 0 Å². The molecule has 0 radical (unpaired) electrons. The Bertz CT molecular complexity index is 829. The van der Waals surface area contributed by atoms with Crippen LogP contribution in [0.1, 0.15) is 26.3 Å². The zero-order valence-electron chi connectivity index (χ0n) is 13.0. The molecule has 1 heterocycles. The van der Waals surface area contributed by atoms with Gasteiger partial charge in [-0.3, -0.25) is 9.59 Å². The smallest absolute Gasteiger partial charge is 0.335 e. The number of carboxylic acid groups (broad SMARTS) is 1. The molecule has 0 aliphatic carbocycles. The summed E-state index contributed by atoms with van der Waals surface area (Å²) in [5.74, 6) is -1.09. The van der Waals surface area contributed by atoms with Crippen LogP contribution in [0, 0.1) is 0 Å². The van der Waals surface area contributed by atoms with E-state index in [9.17, 15) is 14.4 Å². The monoisotopic (exact) mass is 341 g/mol. The maximum Gasteiger partial charge on any atom is 0.335 e. The van der Waals surface area contributed by atoms with Crippen LogP contribution in [0.5, 0.6) is 0 Å². The quantitative estimate of drug-likeness (QED) is 0.668. The molecule has 1 N–H and O–H groups in total. The Hall–Kier alpha value is -2.60. The molecular weight excluding hydrogens is 326 g/mol. The van der Waals surface area contributed by atoms with Crippen molar-refractivity contribution in [2.75, 3.05) is 17.7 Å². The summed E-state index contributed by atoms with van der Waals surface area (Å²) in [6.07, 6.45) is 0.786. The van der Waals surface area contributed by atoms with Crippen molar-refractivity contribution in [2.45, 2.75) is 11.3 Å². The second-order valence-electron chi connectivity index (χ2n) is 5.47. The average Bonchev–Trinajstić information content (AvgIpc) is 2.80. The lowest BCUT2D eigenvalue weighted by atomic mass is 10.1. The molecule has 5 nitrogen and oxygen atoms in total. The predicted octanol–water partition coefficient (Wildman–Crippen LogP) is 2.88. The number of fused-ring (bicyclic) bond motifs is 1. The number of anilines is 1. The number of benzene rings is 2. The van der Waals surface area contributed by atoms with Crippen LogP contribution < -0.4 is 4.90 Å². The molecule has 0 bridgehead atoms. The largest absolute Gasteiger partial charge is 0.478 e. The summed E-state index contributed by atoms with van der Waals surface area (Å²) in [5, 5.41) is 8.88. The minimum absolute atomic E-state index is 0.275. The van der Waals surface area contributed by atoms with Crippen molar-refractivity contribution < 1.29 is 19.5 Å². The standard InChI is InChI=1S/C18H15NO4S/c1-19-15-7-6-13(10-14(15)16(20)17(19)21)24-9-8-11-2-4-12(5-3-11)18(22)23/h2-7,10H,8-9H2,1H3,(H,22,23). The topological polar surface area (TPSA) is 74.7 Å². The van der Waals surface area contributed by atoms with E-state index in [0.717, 1.165) is 22.6 Å². The number of aromatic carboxylic acids is 1. The van der Waals surface area contributed by atoms with E-state index >= 15 is 0 Å². The van der Waals surface area contributed by atoms with E-state index in [2.05, 4.69) is 0 Å². The first-order valence-electron chi connectivity index (χ1n) is 7.39. The zero-order chi connectivity index (χ0) is 17.3. The third-order valence-corrected chi connectivity index (χ3v) is 4.93. The summed E-state index contributed by atoms with van der Waals surface area (Å²) in [6.45, 7) is 0. The van der Waals surface area contributed by atoms with E-state index < -0.39 is 17.7 Å². The number of thioether (sulfide) groups is 1. The molecule has 1 aliphatic rings. The number of nitrogens with zero attached hydrogens (tertiary/aromatic N) is 1. The highest BCUT2D eigenvalue weighted by molar-refractivity contribution is 7.99. The lowest BCUT2D eigenvalue weighted by Crippen LogP contribution is -2.24. The number of hydrogen-bond donors (Lipinski definition) is 1. The van der Waals surface area contributed by atoms with Crippen LogP contribution >= 0.6 is 11.8 Å². The highest BCUT2D eigenvalue weighted by Crippen LogP contribution is 2.31. The lowest BCUT2D eigenvalue weighted by molar-refractivity contribution is -0.114. The molecule has 122 valence electrons. The SMILES string of the molecule is CN1C(=O)C(=O)c2cc(SCCc3ccc(C(=O)O)cc3)ccc21. The molecular formula is C18H15NO4S. The van der Waals surface area contributed by atoms with E-state index in [1.54, 1.807) is 43.1 Å². The first-order chi connectivity index (χ1) is 11.5. The number of likely N-dealkylation sites (N-methyl/N-ethyl adjacent to an activating group) is 1. The molecule has 1 aliphatic heterocycles. The Morgan fingerprint density at radius 2 is 1.83 bits per heavy atom. The number of carbonyl (C=O) groups excluding carboxylic acids is 2. The highest BCUT2D eigenvalue weighted by Gasteiger charge is 2.33. The molecule has 0 fully saturated rings. The first-order valence-corrected chi connectivity index (χ1v) is 8.37. The van der Waals surface area contributed by atoms with Crippen LogP contribution in [0.3, 0.4) is 0 Å². The van der Waals surface area contributed by atoms with Gasteiger partial charge in [0.05, 0.1) is 16.8 Å². The molecule has 0 atom stereocenters. The predicted molar refractivity (Wildman–Crippen MR) is 92.0 cm³/mol. The molecule has 0 unspecified atom stereocenters. The van der Waals surface area contributed by atoms with Gasteiger partial charge in [0.15, 0.2) is 0 Å². The minimum atomic E-state index is -0.932. The van der Waals surface area contributed by atoms with Gasteiger partial charge < -0.3 is 10.0 Å².